The monoisotopic (exact) mass is 393 g/mol. The van der Waals surface area contributed by atoms with E-state index in [4.69, 9.17) is 0 Å². The fourth-order valence-electron chi connectivity index (χ4n) is 3.99. The van der Waals surface area contributed by atoms with Crippen molar-refractivity contribution in [2.45, 2.75) is 26.3 Å². The van der Waals surface area contributed by atoms with Crippen molar-refractivity contribution in [3.05, 3.63) is 66.1 Å². The summed E-state index contributed by atoms with van der Waals surface area (Å²) in [4.78, 5) is 26.3. The van der Waals surface area contributed by atoms with Crippen molar-refractivity contribution in [1.29, 1.82) is 0 Å². The van der Waals surface area contributed by atoms with Crippen molar-refractivity contribution >= 4 is 28.4 Å². The summed E-state index contributed by atoms with van der Waals surface area (Å²) in [5, 5.41) is 4.19. The molecule has 1 aliphatic rings. The first-order valence-electron chi connectivity index (χ1n) is 9.91. The number of hydrogen-bond acceptors (Lipinski definition) is 2. The highest BCUT2D eigenvalue weighted by Gasteiger charge is 2.34. The number of para-hydroxylation sites is 1. The first kappa shape index (κ1) is 19.2. The molecule has 1 aromatic heterocycles. The Labute approximate surface area is 169 Å². The Morgan fingerprint density at radius 2 is 1.93 bits per heavy atom. The van der Waals surface area contributed by atoms with Gasteiger partial charge in [0.2, 0.25) is 11.8 Å². The van der Waals surface area contributed by atoms with E-state index in [0.717, 1.165) is 13.0 Å². The SMILES string of the molecule is Cc1cc2ccccc2n1CCCNC(=O)C1CC(=O)N(c2ccc(F)cc2)C1. The van der Waals surface area contributed by atoms with Crippen LogP contribution in [0.25, 0.3) is 10.9 Å². The molecule has 2 amide bonds. The number of anilines is 1. The number of hydrogen-bond donors (Lipinski definition) is 1. The maximum Gasteiger partial charge on any atom is 0.227 e. The number of rotatable bonds is 6. The molecule has 3 aromatic rings. The van der Waals surface area contributed by atoms with Gasteiger partial charge in [-0.2, -0.15) is 0 Å². The van der Waals surface area contributed by atoms with Crippen LogP contribution in [0.2, 0.25) is 0 Å². The second-order valence-corrected chi connectivity index (χ2v) is 7.52. The van der Waals surface area contributed by atoms with Crippen molar-refractivity contribution in [1.82, 2.24) is 9.88 Å². The summed E-state index contributed by atoms with van der Waals surface area (Å²) >= 11 is 0. The summed E-state index contributed by atoms with van der Waals surface area (Å²) in [6.07, 6.45) is 0.998. The van der Waals surface area contributed by atoms with Crippen LogP contribution < -0.4 is 10.2 Å². The van der Waals surface area contributed by atoms with Crippen LogP contribution in [0.4, 0.5) is 10.1 Å². The molecule has 29 heavy (non-hydrogen) atoms. The lowest BCUT2D eigenvalue weighted by atomic mass is 10.1. The summed E-state index contributed by atoms with van der Waals surface area (Å²) in [7, 11) is 0. The van der Waals surface area contributed by atoms with Gasteiger partial charge in [0.05, 0.1) is 5.92 Å². The Morgan fingerprint density at radius 1 is 1.17 bits per heavy atom. The van der Waals surface area contributed by atoms with Crippen molar-refractivity contribution in [2.24, 2.45) is 5.92 Å². The van der Waals surface area contributed by atoms with Gasteiger partial charge in [0.15, 0.2) is 0 Å². The lowest BCUT2D eigenvalue weighted by Gasteiger charge is -2.16. The highest BCUT2D eigenvalue weighted by Crippen LogP contribution is 2.25. The number of benzene rings is 2. The zero-order valence-electron chi connectivity index (χ0n) is 16.4. The number of amides is 2. The van der Waals surface area contributed by atoms with Gasteiger partial charge in [-0.3, -0.25) is 9.59 Å². The lowest BCUT2D eigenvalue weighted by Crippen LogP contribution is -2.33. The minimum Gasteiger partial charge on any atom is -0.356 e. The average Bonchev–Trinajstić information content (AvgIpc) is 3.25. The van der Waals surface area contributed by atoms with E-state index < -0.39 is 0 Å². The summed E-state index contributed by atoms with van der Waals surface area (Å²) in [6.45, 7) is 3.81. The quantitative estimate of drug-likeness (QED) is 0.650. The van der Waals surface area contributed by atoms with Gasteiger partial charge in [0.25, 0.3) is 0 Å². The molecule has 150 valence electrons. The molecule has 1 unspecified atom stereocenters. The molecule has 1 saturated heterocycles. The van der Waals surface area contributed by atoms with Gasteiger partial charge in [0, 0.05) is 43.0 Å². The third kappa shape index (κ3) is 4.01. The molecular weight excluding hydrogens is 369 g/mol. The Bertz CT molecular complexity index is 1040. The van der Waals surface area contributed by atoms with Crippen LogP contribution in [0.5, 0.6) is 0 Å². The van der Waals surface area contributed by atoms with E-state index in [2.05, 4.69) is 35.0 Å². The molecule has 1 fully saturated rings. The third-order valence-electron chi connectivity index (χ3n) is 5.51. The molecule has 0 spiro atoms. The van der Waals surface area contributed by atoms with Crippen molar-refractivity contribution in [2.75, 3.05) is 18.0 Å². The summed E-state index contributed by atoms with van der Waals surface area (Å²) in [5.41, 5.74) is 3.03. The van der Waals surface area contributed by atoms with Gasteiger partial charge in [-0.05, 0) is 55.1 Å². The number of carbonyl (C=O) groups excluding carboxylic acids is 2. The number of fused-ring (bicyclic) bond motifs is 1. The van der Waals surface area contributed by atoms with E-state index in [1.54, 1.807) is 17.0 Å². The van der Waals surface area contributed by atoms with Crippen molar-refractivity contribution in [3.63, 3.8) is 0 Å². The average molecular weight is 393 g/mol. The highest BCUT2D eigenvalue weighted by atomic mass is 19.1. The summed E-state index contributed by atoms with van der Waals surface area (Å²) in [5.74, 6) is -0.926. The largest absolute Gasteiger partial charge is 0.356 e. The number of aromatic nitrogens is 1. The maximum atomic E-state index is 13.1. The zero-order valence-corrected chi connectivity index (χ0v) is 16.4. The predicted molar refractivity (Wildman–Crippen MR) is 111 cm³/mol. The first-order chi connectivity index (χ1) is 14.0. The molecule has 4 rings (SSSR count). The Morgan fingerprint density at radius 3 is 2.72 bits per heavy atom. The zero-order chi connectivity index (χ0) is 20.4. The van der Waals surface area contributed by atoms with E-state index in [0.29, 0.717) is 18.8 Å². The normalized spacial score (nSPS) is 16.6. The van der Waals surface area contributed by atoms with Crippen molar-refractivity contribution in [3.8, 4) is 0 Å². The summed E-state index contributed by atoms with van der Waals surface area (Å²) in [6, 6.07) is 16.2. The van der Waals surface area contributed by atoms with E-state index in [1.165, 1.54) is 28.7 Å². The molecule has 6 heteroatoms. The molecule has 0 bridgehead atoms. The number of halogens is 1. The van der Waals surface area contributed by atoms with Gasteiger partial charge in [-0.25, -0.2) is 4.39 Å². The molecule has 1 atom stereocenters. The second-order valence-electron chi connectivity index (χ2n) is 7.52. The van der Waals surface area contributed by atoms with Gasteiger partial charge in [-0.1, -0.05) is 18.2 Å². The van der Waals surface area contributed by atoms with E-state index >= 15 is 0 Å². The minimum absolute atomic E-state index is 0.1000. The van der Waals surface area contributed by atoms with E-state index in [1.807, 2.05) is 12.1 Å². The lowest BCUT2D eigenvalue weighted by molar-refractivity contribution is -0.126. The number of nitrogens with one attached hydrogen (secondary N) is 1. The molecule has 0 saturated carbocycles. The molecule has 1 aliphatic heterocycles. The van der Waals surface area contributed by atoms with Crippen LogP contribution in [0.1, 0.15) is 18.5 Å². The van der Waals surface area contributed by atoms with Gasteiger partial charge < -0.3 is 14.8 Å². The fraction of sp³-hybridized carbons (Fsp3) is 0.304. The standard InChI is InChI=1S/C23H24FN3O2/c1-16-13-17-5-2-3-6-21(17)26(16)12-4-11-25-23(29)18-14-22(28)27(15-18)20-9-7-19(24)8-10-20/h2-3,5-10,13,18H,4,11-12,14-15H2,1H3,(H,25,29). The Hall–Kier alpha value is -3.15. The van der Waals surface area contributed by atoms with Gasteiger partial charge in [-0.15, -0.1) is 0 Å². The van der Waals surface area contributed by atoms with Gasteiger partial charge >= 0.3 is 0 Å². The summed E-state index contributed by atoms with van der Waals surface area (Å²) < 4.78 is 15.4. The fourth-order valence-corrected chi connectivity index (χ4v) is 3.99. The van der Waals surface area contributed by atoms with Gasteiger partial charge in [0.1, 0.15) is 5.82 Å². The molecular formula is C23H24FN3O2. The Balaban J connectivity index is 1.29. The molecule has 2 heterocycles. The smallest absolute Gasteiger partial charge is 0.227 e. The Kier molecular flexibility index (Phi) is 5.34. The number of carbonyl (C=O) groups is 2. The van der Waals surface area contributed by atoms with Crippen LogP contribution >= 0.6 is 0 Å². The molecule has 0 radical (unpaired) electrons. The topological polar surface area (TPSA) is 54.3 Å². The van der Waals surface area contributed by atoms with Crippen LogP contribution in [-0.4, -0.2) is 29.5 Å². The molecule has 0 aliphatic carbocycles. The predicted octanol–water partition coefficient (Wildman–Crippen LogP) is 3.65. The van der Waals surface area contributed by atoms with Crippen molar-refractivity contribution < 1.29 is 14.0 Å². The van der Waals surface area contributed by atoms with Crippen LogP contribution in [0.3, 0.4) is 0 Å². The second kappa shape index (κ2) is 8.07. The maximum absolute atomic E-state index is 13.1. The molecule has 1 N–H and O–H groups in total. The third-order valence-corrected chi connectivity index (χ3v) is 5.51. The van der Waals surface area contributed by atoms with E-state index in [-0.39, 0.29) is 30.0 Å². The minimum atomic E-state index is -0.373. The number of aryl methyl sites for hydroxylation is 2. The number of nitrogens with zero attached hydrogens (tertiary/aromatic N) is 2. The van der Waals surface area contributed by atoms with Crippen LogP contribution in [0, 0.1) is 18.7 Å². The molecule has 5 nitrogen and oxygen atoms in total. The molecule has 2 aromatic carbocycles. The van der Waals surface area contributed by atoms with E-state index in [9.17, 15) is 14.0 Å². The van der Waals surface area contributed by atoms with Crippen LogP contribution in [-0.2, 0) is 16.1 Å². The van der Waals surface area contributed by atoms with Crippen LogP contribution in [0.15, 0.2) is 54.6 Å². The highest BCUT2D eigenvalue weighted by molar-refractivity contribution is 6.00. The first-order valence-corrected chi connectivity index (χ1v) is 9.91.